The molecule has 0 fully saturated rings. The van der Waals surface area contributed by atoms with Crippen LogP contribution in [0.3, 0.4) is 0 Å². The summed E-state index contributed by atoms with van der Waals surface area (Å²) in [5.74, 6) is -0.462. The smallest absolute Gasteiger partial charge is 0.311 e. The Balaban J connectivity index is 2.96. The lowest BCUT2D eigenvalue weighted by Gasteiger charge is -2.00. The first kappa shape index (κ1) is 9.44. The molecule has 0 atom stereocenters. The van der Waals surface area contributed by atoms with Crippen LogP contribution in [0.15, 0.2) is 17.2 Å². The van der Waals surface area contributed by atoms with Gasteiger partial charge in [0.05, 0.1) is 13.5 Å². The molecule has 0 aliphatic heterocycles. The topological polar surface area (TPSA) is 61.2 Å². The van der Waals surface area contributed by atoms with Crippen LogP contribution < -0.4 is 5.56 Å². The summed E-state index contributed by atoms with van der Waals surface area (Å²) in [7, 11) is 2.88. The largest absolute Gasteiger partial charge is 0.469 e. The van der Waals surface area contributed by atoms with Crippen molar-refractivity contribution in [1.29, 1.82) is 0 Å². The van der Waals surface area contributed by atoms with Crippen LogP contribution in [0.5, 0.6) is 0 Å². The van der Waals surface area contributed by atoms with Gasteiger partial charge in [-0.3, -0.25) is 14.6 Å². The van der Waals surface area contributed by atoms with Crippen LogP contribution in [0.4, 0.5) is 0 Å². The van der Waals surface area contributed by atoms with Gasteiger partial charge in [-0.05, 0) is 0 Å². The Morgan fingerprint density at radius 2 is 2.38 bits per heavy atom. The monoisotopic (exact) mass is 182 g/mol. The van der Waals surface area contributed by atoms with E-state index in [4.69, 9.17) is 0 Å². The molecule has 0 saturated carbocycles. The van der Waals surface area contributed by atoms with Crippen molar-refractivity contribution in [3.63, 3.8) is 0 Å². The molecule has 70 valence electrons. The van der Waals surface area contributed by atoms with E-state index in [9.17, 15) is 9.59 Å². The molecule has 0 spiro atoms. The lowest BCUT2D eigenvalue weighted by Crippen LogP contribution is -2.24. The Kier molecular flexibility index (Phi) is 2.79. The van der Waals surface area contributed by atoms with E-state index in [1.165, 1.54) is 24.1 Å². The number of ether oxygens (including phenoxy) is 1. The average Bonchev–Trinajstić information content (AvgIpc) is 2.13. The minimum absolute atomic E-state index is 0.0794. The van der Waals surface area contributed by atoms with Gasteiger partial charge in [0, 0.05) is 19.4 Å². The third-order valence-electron chi connectivity index (χ3n) is 1.63. The average molecular weight is 182 g/mol. The number of hydrogen-bond donors (Lipinski definition) is 0. The molecular formula is C8H10N2O3. The number of esters is 1. The number of nitrogens with zero attached hydrogens (tertiary/aromatic N) is 2. The zero-order valence-corrected chi connectivity index (χ0v) is 7.48. The Morgan fingerprint density at radius 3 is 3.00 bits per heavy atom. The Bertz CT molecular complexity index is 370. The second kappa shape index (κ2) is 3.84. The van der Waals surface area contributed by atoms with Gasteiger partial charge in [0.25, 0.3) is 5.56 Å². The van der Waals surface area contributed by atoms with E-state index in [0.29, 0.717) is 0 Å². The SMILES string of the molecule is COC(=O)Cc1nccn(C)c1=O. The van der Waals surface area contributed by atoms with Gasteiger partial charge in [-0.25, -0.2) is 0 Å². The van der Waals surface area contributed by atoms with E-state index in [-0.39, 0.29) is 17.7 Å². The maximum absolute atomic E-state index is 11.3. The number of hydrogen-bond acceptors (Lipinski definition) is 4. The molecule has 0 bridgehead atoms. The van der Waals surface area contributed by atoms with Gasteiger partial charge in [-0.2, -0.15) is 0 Å². The zero-order chi connectivity index (χ0) is 9.84. The predicted octanol–water partition coefficient (Wildman–Crippen LogP) is -0.504. The summed E-state index contributed by atoms with van der Waals surface area (Å²) in [6, 6.07) is 0. The van der Waals surface area contributed by atoms with Gasteiger partial charge in [0.1, 0.15) is 5.69 Å². The first-order valence-corrected chi connectivity index (χ1v) is 3.72. The standard InChI is InChI=1S/C8H10N2O3/c1-10-4-3-9-6(8(10)12)5-7(11)13-2/h3-4H,5H2,1-2H3. The number of methoxy groups -OCH3 is 1. The molecule has 1 rings (SSSR count). The highest BCUT2D eigenvalue weighted by Gasteiger charge is 2.08. The van der Waals surface area contributed by atoms with E-state index >= 15 is 0 Å². The highest BCUT2D eigenvalue weighted by molar-refractivity contribution is 5.71. The minimum Gasteiger partial charge on any atom is -0.469 e. The van der Waals surface area contributed by atoms with E-state index in [1.807, 2.05) is 0 Å². The summed E-state index contributed by atoms with van der Waals surface area (Å²) in [6.45, 7) is 0. The zero-order valence-electron chi connectivity index (χ0n) is 7.48. The molecule has 1 heterocycles. The van der Waals surface area contributed by atoms with Gasteiger partial charge in [0.2, 0.25) is 0 Å². The van der Waals surface area contributed by atoms with Crippen LogP contribution in [-0.2, 0) is 23.0 Å². The molecular weight excluding hydrogens is 172 g/mol. The molecule has 0 radical (unpaired) electrons. The first-order chi connectivity index (χ1) is 6.15. The normalized spacial score (nSPS) is 9.69. The van der Waals surface area contributed by atoms with E-state index < -0.39 is 5.97 Å². The third-order valence-corrected chi connectivity index (χ3v) is 1.63. The summed E-state index contributed by atoms with van der Waals surface area (Å²) in [6.07, 6.45) is 2.92. The highest BCUT2D eigenvalue weighted by atomic mass is 16.5. The fourth-order valence-corrected chi connectivity index (χ4v) is 0.880. The van der Waals surface area contributed by atoms with Crippen molar-refractivity contribution in [2.75, 3.05) is 7.11 Å². The van der Waals surface area contributed by atoms with Crippen LogP contribution in [-0.4, -0.2) is 22.6 Å². The molecule has 0 N–H and O–H groups in total. The van der Waals surface area contributed by atoms with Crippen LogP contribution in [0.2, 0.25) is 0 Å². The number of carbonyl (C=O) groups excluding carboxylic acids is 1. The second-order valence-electron chi connectivity index (χ2n) is 2.54. The van der Waals surface area contributed by atoms with Crippen molar-refractivity contribution in [3.8, 4) is 0 Å². The number of rotatable bonds is 2. The number of carbonyl (C=O) groups is 1. The van der Waals surface area contributed by atoms with Crippen molar-refractivity contribution in [3.05, 3.63) is 28.4 Å². The van der Waals surface area contributed by atoms with Crippen molar-refractivity contribution in [2.24, 2.45) is 7.05 Å². The van der Waals surface area contributed by atoms with Crippen molar-refractivity contribution >= 4 is 5.97 Å². The molecule has 0 aromatic carbocycles. The molecule has 0 amide bonds. The van der Waals surface area contributed by atoms with E-state index in [2.05, 4.69) is 9.72 Å². The van der Waals surface area contributed by atoms with Gasteiger partial charge >= 0.3 is 5.97 Å². The summed E-state index contributed by atoms with van der Waals surface area (Å²) in [4.78, 5) is 25.9. The maximum atomic E-state index is 11.3. The molecule has 1 aromatic rings. The number of aryl methyl sites for hydroxylation is 1. The van der Waals surface area contributed by atoms with Crippen LogP contribution in [0.1, 0.15) is 5.69 Å². The van der Waals surface area contributed by atoms with E-state index in [0.717, 1.165) is 0 Å². The molecule has 0 aliphatic carbocycles. The number of aromatic nitrogens is 2. The molecule has 0 unspecified atom stereocenters. The third kappa shape index (κ3) is 2.14. The fourth-order valence-electron chi connectivity index (χ4n) is 0.880. The van der Waals surface area contributed by atoms with Crippen LogP contribution >= 0.6 is 0 Å². The fraction of sp³-hybridized carbons (Fsp3) is 0.375. The van der Waals surface area contributed by atoms with Crippen LogP contribution in [0, 0.1) is 0 Å². The summed E-state index contributed by atoms with van der Waals surface area (Å²) >= 11 is 0. The Morgan fingerprint density at radius 1 is 1.69 bits per heavy atom. The molecule has 0 saturated heterocycles. The van der Waals surface area contributed by atoms with Gasteiger partial charge in [-0.15, -0.1) is 0 Å². The van der Waals surface area contributed by atoms with Crippen molar-refractivity contribution in [2.45, 2.75) is 6.42 Å². The predicted molar refractivity (Wildman–Crippen MR) is 45.2 cm³/mol. The lowest BCUT2D eigenvalue weighted by molar-refractivity contribution is -0.139. The molecule has 1 aromatic heterocycles. The van der Waals surface area contributed by atoms with Gasteiger partial charge < -0.3 is 9.30 Å². The maximum Gasteiger partial charge on any atom is 0.311 e. The molecule has 13 heavy (non-hydrogen) atoms. The quantitative estimate of drug-likeness (QED) is 0.578. The minimum atomic E-state index is -0.462. The van der Waals surface area contributed by atoms with E-state index in [1.54, 1.807) is 7.05 Å². The second-order valence-corrected chi connectivity index (χ2v) is 2.54. The van der Waals surface area contributed by atoms with Crippen molar-refractivity contribution < 1.29 is 9.53 Å². The van der Waals surface area contributed by atoms with Crippen molar-refractivity contribution in [1.82, 2.24) is 9.55 Å². The molecule has 0 aliphatic rings. The summed E-state index contributed by atoms with van der Waals surface area (Å²) in [5.41, 5.74) is -0.0650. The molecule has 5 nitrogen and oxygen atoms in total. The summed E-state index contributed by atoms with van der Waals surface area (Å²) < 4.78 is 5.79. The lowest BCUT2D eigenvalue weighted by atomic mass is 10.3. The Labute approximate surface area is 75.0 Å². The van der Waals surface area contributed by atoms with Gasteiger partial charge in [-0.1, -0.05) is 0 Å². The summed E-state index contributed by atoms with van der Waals surface area (Å²) in [5, 5.41) is 0. The Hall–Kier alpha value is -1.65. The van der Waals surface area contributed by atoms with Crippen LogP contribution in [0.25, 0.3) is 0 Å². The highest BCUT2D eigenvalue weighted by Crippen LogP contribution is 1.88. The molecule has 5 heteroatoms. The van der Waals surface area contributed by atoms with Gasteiger partial charge in [0.15, 0.2) is 0 Å². The first-order valence-electron chi connectivity index (χ1n) is 3.72.